The van der Waals surface area contributed by atoms with Gasteiger partial charge in [0.1, 0.15) is 5.75 Å². The highest BCUT2D eigenvalue weighted by atomic mass is 79.9. The number of hydrogen-bond acceptors (Lipinski definition) is 5. The van der Waals surface area contributed by atoms with Gasteiger partial charge in [-0.2, -0.15) is 0 Å². The maximum absolute atomic E-state index is 11.1. The molecule has 0 spiro atoms. The van der Waals surface area contributed by atoms with E-state index in [2.05, 4.69) is 15.9 Å². The predicted molar refractivity (Wildman–Crippen MR) is 70.4 cm³/mol. The largest absolute Gasteiger partial charge is 0.483 e. The van der Waals surface area contributed by atoms with Gasteiger partial charge in [-0.05, 0) is 34.1 Å². The van der Waals surface area contributed by atoms with Crippen LogP contribution in [-0.2, 0) is 13.8 Å². The minimum Gasteiger partial charge on any atom is -0.483 e. The Morgan fingerprint density at radius 2 is 2.05 bits per heavy atom. The van der Waals surface area contributed by atoms with Crippen molar-refractivity contribution in [2.24, 2.45) is 5.73 Å². The van der Waals surface area contributed by atoms with Crippen molar-refractivity contribution in [2.75, 3.05) is 6.61 Å². The average Bonchev–Trinajstić information content (AvgIpc) is 2.25. The number of carbonyl (C=O) groups is 2. The second-order valence-electron chi connectivity index (χ2n) is 3.23. The van der Waals surface area contributed by atoms with Crippen molar-refractivity contribution in [2.45, 2.75) is 4.90 Å². The highest BCUT2D eigenvalue weighted by Crippen LogP contribution is 2.29. The van der Waals surface area contributed by atoms with E-state index < -0.39 is 27.6 Å². The lowest BCUT2D eigenvalue weighted by atomic mass is 10.3. The molecule has 0 aliphatic rings. The number of ether oxygens (including phenoxy) is 1. The number of hydrogen-bond donors (Lipinski definition) is 2. The zero-order chi connectivity index (χ0) is 14.6. The molecule has 0 unspecified atom stereocenters. The molecule has 0 heterocycles. The Balaban J connectivity index is 2.76. The maximum atomic E-state index is 11.1. The molecule has 0 aromatic heterocycles. The molecule has 1 rings (SSSR count). The van der Waals surface area contributed by atoms with E-state index in [1.54, 1.807) is 0 Å². The lowest BCUT2D eigenvalue weighted by molar-refractivity contribution is -0.121. The van der Waals surface area contributed by atoms with Crippen molar-refractivity contribution in [1.82, 2.24) is 5.32 Å². The highest BCUT2D eigenvalue weighted by Gasteiger charge is 2.13. The Morgan fingerprint density at radius 1 is 1.42 bits per heavy atom. The fourth-order valence-corrected chi connectivity index (χ4v) is 2.49. The van der Waals surface area contributed by atoms with E-state index in [9.17, 15) is 18.0 Å². The summed E-state index contributed by atoms with van der Waals surface area (Å²) in [5, 5.41) is 1.81. The second kappa shape index (κ2) is 6.22. The van der Waals surface area contributed by atoms with Crippen molar-refractivity contribution in [3.8, 4) is 5.75 Å². The molecule has 19 heavy (non-hydrogen) atoms. The number of amides is 3. The summed E-state index contributed by atoms with van der Waals surface area (Å²) >= 11 is 3.07. The van der Waals surface area contributed by atoms with Crippen molar-refractivity contribution in [1.29, 1.82) is 0 Å². The van der Waals surface area contributed by atoms with Crippen molar-refractivity contribution < 1.29 is 22.7 Å². The molecular weight excluding hydrogens is 364 g/mol. The molecule has 0 fully saturated rings. The van der Waals surface area contributed by atoms with Crippen LogP contribution in [-0.4, -0.2) is 27.0 Å². The number of nitrogens with one attached hydrogen (secondary N) is 1. The third kappa shape index (κ3) is 5.05. The molecule has 1 aromatic carbocycles. The minimum absolute atomic E-state index is 0.116. The fraction of sp³-hybridized carbons (Fsp3) is 0.111. The van der Waals surface area contributed by atoms with Crippen LogP contribution in [0.15, 0.2) is 27.6 Å². The van der Waals surface area contributed by atoms with Gasteiger partial charge in [-0.15, -0.1) is 0 Å². The van der Waals surface area contributed by atoms with Crippen molar-refractivity contribution in [3.63, 3.8) is 0 Å². The minimum atomic E-state index is -3.84. The lowest BCUT2D eigenvalue weighted by Crippen LogP contribution is -2.38. The Kier molecular flexibility index (Phi) is 5.15. The first-order valence-corrected chi connectivity index (χ1v) is 7.76. The van der Waals surface area contributed by atoms with E-state index in [0.717, 1.165) is 0 Å². The third-order valence-electron chi connectivity index (χ3n) is 1.81. The Labute approximate surface area is 121 Å². The summed E-state index contributed by atoms with van der Waals surface area (Å²) in [6, 6.07) is 2.77. The van der Waals surface area contributed by atoms with Gasteiger partial charge in [-0.1, -0.05) is 0 Å². The number of halogens is 2. The normalized spacial score (nSPS) is 10.8. The number of urea groups is 1. The summed E-state index contributed by atoms with van der Waals surface area (Å²) in [5.74, 6) is -0.517. The zero-order valence-corrected chi connectivity index (χ0v) is 12.4. The molecule has 7 nitrogen and oxygen atoms in total. The van der Waals surface area contributed by atoms with Crippen LogP contribution in [0.3, 0.4) is 0 Å². The van der Waals surface area contributed by atoms with Gasteiger partial charge in [0, 0.05) is 10.7 Å². The second-order valence-corrected chi connectivity index (χ2v) is 6.65. The van der Waals surface area contributed by atoms with Gasteiger partial charge < -0.3 is 10.5 Å². The number of nitrogens with two attached hydrogens (primary N) is 1. The molecule has 1 aromatic rings. The van der Waals surface area contributed by atoms with Crippen LogP contribution in [0.25, 0.3) is 0 Å². The zero-order valence-electron chi connectivity index (χ0n) is 9.22. The molecular formula is C9H8BrClN2O5S. The molecule has 0 aliphatic carbocycles. The topological polar surface area (TPSA) is 116 Å². The first-order chi connectivity index (χ1) is 8.70. The molecule has 104 valence electrons. The molecule has 0 aliphatic heterocycles. The predicted octanol–water partition coefficient (Wildman–Crippen LogP) is 0.950. The molecule has 0 radical (unpaired) electrons. The van der Waals surface area contributed by atoms with E-state index in [1.807, 2.05) is 5.32 Å². The van der Waals surface area contributed by atoms with E-state index in [0.29, 0.717) is 4.47 Å². The number of imide groups is 1. The van der Waals surface area contributed by atoms with Crippen LogP contribution >= 0.6 is 26.6 Å². The summed E-state index contributed by atoms with van der Waals surface area (Å²) in [6.45, 7) is -0.450. The summed E-state index contributed by atoms with van der Waals surface area (Å²) in [5.41, 5.74) is 4.74. The van der Waals surface area contributed by atoms with Crippen LogP contribution in [0.1, 0.15) is 0 Å². The lowest BCUT2D eigenvalue weighted by Gasteiger charge is -2.08. The maximum Gasteiger partial charge on any atom is 0.318 e. The summed E-state index contributed by atoms with van der Waals surface area (Å²) in [6.07, 6.45) is 0. The standard InChI is InChI=1S/C9H8BrClN2O5S/c10-6-3-5(19(11,16)17)1-2-7(6)18-4-8(14)13-9(12)15/h1-3H,4H2,(H3,12,13,14,15). The van der Waals surface area contributed by atoms with Gasteiger partial charge in [0.05, 0.1) is 9.37 Å². The van der Waals surface area contributed by atoms with Crippen LogP contribution in [0, 0.1) is 0 Å². The first-order valence-electron chi connectivity index (χ1n) is 4.66. The van der Waals surface area contributed by atoms with E-state index >= 15 is 0 Å². The molecule has 0 atom stereocenters. The van der Waals surface area contributed by atoms with Gasteiger partial charge >= 0.3 is 6.03 Å². The Hall–Kier alpha value is -1.32. The van der Waals surface area contributed by atoms with Crippen molar-refractivity contribution in [3.05, 3.63) is 22.7 Å². The quantitative estimate of drug-likeness (QED) is 0.765. The monoisotopic (exact) mass is 370 g/mol. The summed E-state index contributed by atoms with van der Waals surface area (Å²) in [7, 11) is 1.32. The third-order valence-corrected chi connectivity index (χ3v) is 3.78. The van der Waals surface area contributed by atoms with E-state index in [4.69, 9.17) is 21.2 Å². The van der Waals surface area contributed by atoms with Gasteiger partial charge in [0.15, 0.2) is 6.61 Å². The smallest absolute Gasteiger partial charge is 0.318 e. The van der Waals surface area contributed by atoms with Crippen LogP contribution in [0.4, 0.5) is 4.79 Å². The number of carbonyl (C=O) groups excluding carboxylic acids is 2. The number of benzene rings is 1. The Morgan fingerprint density at radius 3 is 2.53 bits per heavy atom. The van der Waals surface area contributed by atoms with Gasteiger partial charge in [-0.25, -0.2) is 13.2 Å². The van der Waals surface area contributed by atoms with Gasteiger partial charge in [0.2, 0.25) is 0 Å². The Bertz CT molecular complexity index is 619. The molecule has 0 bridgehead atoms. The molecule has 0 saturated carbocycles. The highest BCUT2D eigenvalue weighted by molar-refractivity contribution is 9.10. The van der Waals surface area contributed by atoms with Crippen LogP contribution in [0.5, 0.6) is 5.75 Å². The summed E-state index contributed by atoms with van der Waals surface area (Å²) in [4.78, 5) is 21.4. The molecule has 3 N–H and O–H groups in total. The van der Waals surface area contributed by atoms with E-state index in [-0.39, 0.29) is 10.6 Å². The SMILES string of the molecule is NC(=O)NC(=O)COc1ccc(S(=O)(=O)Cl)cc1Br. The molecule has 3 amide bonds. The molecule has 0 saturated heterocycles. The average molecular weight is 372 g/mol. The molecule has 10 heteroatoms. The van der Waals surface area contributed by atoms with Crippen molar-refractivity contribution >= 4 is 47.6 Å². The summed E-state index contributed by atoms with van der Waals surface area (Å²) < 4.78 is 27.5. The number of primary amides is 1. The van der Waals surface area contributed by atoms with Crippen LogP contribution in [0.2, 0.25) is 0 Å². The van der Waals surface area contributed by atoms with Gasteiger partial charge in [0.25, 0.3) is 15.0 Å². The van der Waals surface area contributed by atoms with E-state index in [1.165, 1.54) is 18.2 Å². The van der Waals surface area contributed by atoms with Crippen LogP contribution < -0.4 is 15.8 Å². The fourth-order valence-electron chi connectivity index (χ4n) is 1.07. The van der Waals surface area contributed by atoms with Gasteiger partial charge in [-0.3, -0.25) is 10.1 Å². The number of rotatable bonds is 4. The first kappa shape index (κ1) is 15.7.